The van der Waals surface area contributed by atoms with Gasteiger partial charge in [-0.1, -0.05) is 24.3 Å². The first-order chi connectivity index (χ1) is 12.4. The molecule has 0 aliphatic rings. The van der Waals surface area contributed by atoms with Crippen molar-refractivity contribution in [3.05, 3.63) is 64.8 Å². The Morgan fingerprint density at radius 3 is 2.54 bits per heavy atom. The molecule has 0 aliphatic heterocycles. The molecule has 1 heterocycles. The van der Waals surface area contributed by atoms with Crippen LogP contribution >= 0.6 is 0 Å². The highest BCUT2D eigenvalue weighted by Gasteiger charge is 2.16. The first-order valence-corrected chi connectivity index (χ1v) is 8.75. The summed E-state index contributed by atoms with van der Waals surface area (Å²) in [6.45, 7) is 7.12. The van der Waals surface area contributed by atoms with Crippen LogP contribution in [0.3, 0.4) is 0 Å². The number of ether oxygens (including phenoxy) is 1. The molecular formula is C21H24N2O3. The van der Waals surface area contributed by atoms with Gasteiger partial charge in [0.2, 0.25) is 0 Å². The Kier molecular flexibility index (Phi) is 5.28. The lowest BCUT2D eigenvalue weighted by Gasteiger charge is -2.10. The minimum Gasteiger partial charge on any atom is -0.491 e. The van der Waals surface area contributed by atoms with E-state index in [1.165, 1.54) is 0 Å². The smallest absolute Gasteiger partial charge is 0.352 e. The van der Waals surface area contributed by atoms with Crippen LogP contribution < -0.4 is 10.1 Å². The van der Waals surface area contributed by atoms with Gasteiger partial charge in [0.05, 0.1) is 6.10 Å². The molecule has 0 radical (unpaired) electrons. The number of hydrogen-bond donors (Lipinski definition) is 3. The third-order valence-electron chi connectivity index (χ3n) is 4.20. The molecule has 0 bridgehead atoms. The predicted octanol–water partition coefficient (Wildman–Crippen LogP) is 4.25. The number of nitrogens with one attached hydrogen (secondary N) is 2. The van der Waals surface area contributed by atoms with E-state index in [4.69, 9.17) is 4.74 Å². The second kappa shape index (κ2) is 7.62. The Bertz CT molecular complexity index is 911. The van der Waals surface area contributed by atoms with Gasteiger partial charge in [-0.15, -0.1) is 0 Å². The van der Waals surface area contributed by atoms with Crippen LogP contribution in [0.4, 0.5) is 0 Å². The van der Waals surface area contributed by atoms with Gasteiger partial charge in [-0.3, -0.25) is 0 Å². The van der Waals surface area contributed by atoms with Gasteiger partial charge in [-0.25, -0.2) is 4.79 Å². The summed E-state index contributed by atoms with van der Waals surface area (Å²) in [6, 6.07) is 13.9. The maximum absolute atomic E-state index is 11.6. The van der Waals surface area contributed by atoms with Crippen molar-refractivity contribution in [2.75, 3.05) is 0 Å². The number of carboxylic acids is 1. The molecule has 1 aromatic heterocycles. The van der Waals surface area contributed by atoms with Crippen molar-refractivity contribution in [2.45, 2.75) is 40.0 Å². The van der Waals surface area contributed by atoms with E-state index in [9.17, 15) is 9.90 Å². The van der Waals surface area contributed by atoms with Crippen LogP contribution in [0.2, 0.25) is 0 Å². The molecule has 136 valence electrons. The summed E-state index contributed by atoms with van der Waals surface area (Å²) in [7, 11) is 0. The Morgan fingerprint density at radius 1 is 1.15 bits per heavy atom. The molecule has 5 heteroatoms. The molecule has 0 spiro atoms. The lowest BCUT2D eigenvalue weighted by Crippen LogP contribution is -2.15. The van der Waals surface area contributed by atoms with Crippen LogP contribution in [-0.2, 0) is 13.1 Å². The summed E-state index contributed by atoms with van der Waals surface area (Å²) < 4.78 is 5.64. The van der Waals surface area contributed by atoms with Crippen LogP contribution in [0.15, 0.2) is 42.5 Å². The van der Waals surface area contributed by atoms with Gasteiger partial charge in [-0.2, -0.15) is 0 Å². The number of H-pyrrole nitrogens is 1. The Hall–Kier alpha value is -2.79. The molecule has 3 aromatic rings. The van der Waals surface area contributed by atoms with Gasteiger partial charge in [0.1, 0.15) is 11.4 Å². The molecule has 26 heavy (non-hydrogen) atoms. The zero-order valence-electron chi connectivity index (χ0n) is 15.3. The molecule has 0 saturated carbocycles. The van der Waals surface area contributed by atoms with Crippen molar-refractivity contribution < 1.29 is 14.6 Å². The number of aromatic nitrogens is 1. The maximum Gasteiger partial charge on any atom is 0.352 e. The molecule has 0 aliphatic carbocycles. The molecule has 5 nitrogen and oxygen atoms in total. The topological polar surface area (TPSA) is 74.3 Å². The quantitative estimate of drug-likeness (QED) is 0.594. The number of aromatic carboxylic acids is 1. The minimum atomic E-state index is -0.939. The van der Waals surface area contributed by atoms with E-state index in [2.05, 4.69) is 10.3 Å². The highest BCUT2D eigenvalue weighted by Crippen LogP contribution is 2.24. The first-order valence-electron chi connectivity index (χ1n) is 8.75. The molecule has 0 saturated heterocycles. The second-order valence-corrected chi connectivity index (χ2v) is 6.75. The van der Waals surface area contributed by atoms with Crippen molar-refractivity contribution in [1.82, 2.24) is 10.3 Å². The fraction of sp³-hybridized carbons (Fsp3) is 0.286. The number of carboxylic acid groups (broad SMARTS) is 1. The van der Waals surface area contributed by atoms with Crippen molar-refractivity contribution in [1.29, 1.82) is 0 Å². The zero-order valence-corrected chi connectivity index (χ0v) is 15.3. The third-order valence-corrected chi connectivity index (χ3v) is 4.20. The second-order valence-electron chi connectivity index (χ2n) is 6.75. The van der Waals surface area contributed by atoms with Gasteiger partial charge in [0.25, 0.3) is 0 Å². The summed E-state index contributed by atoms with van der Waals surface area (Å²) in [5, 5.41) is 13.8. The van der Waals surface area contributed by atoms with Crippen molar-refractivity contribution in [3.63, 3.8) is 0 Å². The molecular weight excluding hydrogens is 328 g/mol. The summed E-state index contributed by atoms with van der Waals surface area (Å²) in [4.78, 5) is 14.6. The Labute approximate surface area is 153 Å². The highest BCUT2D eigenvalue weighted by atomic mass is 16.5. The van der Waals surface area contributed by atoms with Gasteiger partial charge < -0.3 is 20.1 Å². The van der Waals surface area contributed by atoms with E-state index in [1.54, 1.807) is 0 Å². The third kappa shape index (κ3) is 4.06. The molecule has 2 aromatic carbocycles. The maximum atomic E-state index is 11.6. The number of aromatic amines is 1. The van der Waals surface area contributed by atoms with E-state index < -0.39 is 5.97 Å². The summed E-state index contributed by atoms with van der Waals surface area (Å²) >= 11 is 0. The molecule has 0 atom stereocenters. The van der Waals surface area contributed by atoms with E-state index in [1.807, 2.05) is 63.2 Å². The lowest BCUT2D eigenvalue weighted by molar-refractivity contribution is 0.0690. The number of benzene rings is 2. The minimum absolute atomic E-state index is 0.152. The molecule has 0 amide bonds. The normalized spacial score (nSPS) is 11.2. The Morgan fingerprint density at radius 2 is 1.88 bits per heavy atom. The largest absolute Gasteiger partial charge is 0.491 e. The number of aryl methyl sites for hydroxylation is 1. The number of hydrogen-bond acceptors (Lipinski definition) is 3. The fourth-order valence-corrected chi connectivity index (χ4v) is 3.03. The van der Waals surface area contributed by atoms with Crippen LogP contribution in [0, 0.1) is 6.92 Å². The SMILES string of the molecule is Cc1ccc2c(CNCc3ccc(OC(C)C)cc3)c(C(=O)O)[nH]c2c1. The van der Waals surface area contributed by atoms with Gasteiger partial charge in [0, 0.05) is 29.6 Å². The number of carbonyl (C=O) groups is 1. The van der Waals surface area contributed by atoms with Crippen molar-refractivity contribution in [3.8, 4) is 5.75 Å². The molecule has 3 N–H and O–H groups in total. The molecule has 3 rings (SSSR count). The van der Waals surface area contributed by atoms with Crippen molar-refractivity contribution >= 4 is 16.9 Å². The van der Waals surface area contributed by atoms with E-state index in [0.29, 0.717) is 13.1 Å². The average Bonchev–Trinajstić information content (AvgIpc) is 2.94. The summed E-state index contributed by atoms with van der Waals surface area (Å²) in [5.74, 6) is -0.0882. The van der Waals surface area contributed by atoms with Crippen molar-refractivity contribution in [2.24, 2.45) is 0 Å². The number of fused-ring (bicyclic) bond motifs is 1. The van der Waals surface area contributed by atoms with Crippen LogP contribution in [0.5, 0.6) is 5.75 Å². The zero-order chi connectivity index (χ0) is 18.7. The molecule has 0 unspecified atom stereocenters. The van der Waals surface area contributed by atoms with Gasteiger partial charge in [0.15, 0.2) is 0 Å². The van der Waals surface area contributed by atoms with E-state index in [-0.39, 0.29) is 11.8 Å². The summed E-state index contributed by atoms with van der Waals surface area (Å²) in [5.41, 5.74) is 4.10. The van der Waals surface area contributed by atoms with Crippen LogP contribution in [0.1, 0.15) is 41.0 Å². The molecule has 0 fully saturated rings. The fourth-order valence-electron chi connectivity index (χ4n) is 3.03. The lowest BCUT2D eigenvalue weighted by atomic mass is 10.1. The standard InChI is InChI=1S/C21H24N2O3/c1-13(2)26-16-7-5-15(6-8-16)11-22-12-18-17-9-4-14(3)10-19(17)23-20(18)21(24)25/h4-10,13,22-23H,11-12H2,1-3H3,(H,24,25). The van der Waals surface area contributed by atoms with Gasteiger partial charge in [-0.05, 0) is 50.1 Å². The van der Waals surface area contributed by atoms with Crippen LogP contribution in [-0.4, -0.2) is 22.2 Å². The highest BCUT2D eigenvalue weighted by molar-refractivity contribution is 5.97. The first kappa shape index (κ1) is 18.0. The van der Waals surface area contributed by atoms with E-state index in [0.717, 1.165) is 33.3 Å². The summed E-state index contributed by atoms with van der Waals surface area (Å²) in [6.07, 6.45) is 0.152. The number of rotatable bonds is 7. The monoisotopic (exact) mass is 352 g/mol. The van der Waals surface area contributed by atoms with E-state index >= 15 is 0 Å². The Balaban J connectivity index is 1.71. The predicted molar refractivity (Wildman–Crippen MR) is 103 cm³/mol. The average molecular weight is 352 g/mol. The van der Waals surface area contributed by atoms with Gasteiger partial charge >= 0.3 is 5.97 Å². The van der Waals surface area contributed by atoms with Crippen LogP contribution in [0.25, 0.3) is 10.9 Å².